The Bertz CT molecular complexity index is 973. The number of rotatable bonds is 3. The van der Waals surface area contributed by atoms with Crippen LogP contribution in [-0.4, -0.2) is 18.9 Å². The average Bonchev–Trinajstić information content (AvgIpc) is 2.73. The molecule has 4 nitrogen and oxygen atoms in total. The van der Waals surface area contributed by atoms with Crippen LogP contribution in [0.3, 0.4) is 0 Å². The molecule has 4 heteroatoms. The van der Waals surface area contributed by atoms with E-state index in [1.807, 2.05) is 55.5 Å². The maximum atomic E-state index is 13.3. The van der Waals surface area contributed by atoms with Crippen molar-refractivity contribution in [3.8, 4) is 0 Å². The van der Waals surface area contributed by atoms with Crippen LogP contribution >= 0.6 is 0 Å². The highest BCUT2D eigenvalue weighted by atomic mass is 16.5. The van der Waals surface area contributed by atoms with Crippen molar-refractivity contribution >= 4 is 11.8 Å². The fraction of sp³-hybridized carbons (Fsp3) is 0.250. The third kappa shape index (κ3) is 3.15. The lowest BCUT2D eigenvalue weighted by atomic mass is 9.72. The molecule has 0 spiro atoms. The SMILES string of the molecule is COC(=O)C1=C(C)NC2=C(C(=O)C[C@@H](c3ccccc3)C2)[C@H]1c1ccccc1. The van der Waals surface area contributed by atoms with Crippen LogP contribution in [0.1, 0.15) is 42.7 Å². The topological polar surface area (TPSA) is 55.4 Å². The van der Waals surface area contributed by atoms with Gasteiger partial charge in [-0.15, -0.1) is 0 Å². The molecule has 0 unspecified atom stereocenters. The summed E-state index contributed by atoms with van der Waals surface area (Å²) in [7, 11) is 1.38. The van der Waals surface area contributed by atoms with Crippen molar-refractivity contribution in [1.29, 1.82) is 0 Å². The van der Waals surface area contributed by atoms with E-state index in [1.54, 1.807) is 0 Å². The molecule has 4 rings (SSSR count). The fourth-order valence-electron chi connectivity index (χ4n) is 4.36. The maximum absolute atomic E-state index is 13.3. The van der Waals surface area contributed by atoms with Gasteiger partial charge in [-0.2, -0.15) is 0 Å². The number of ketones is 1. The molecule has 1 heterocycles. The Balaban J connectivity index is 1.81. The first kappa shape index (κ1) is 18.2. The Hall–Kier alpha value is -3.14. The van der Waals surface area contributed by atoms with Gasteiger partial charge < -0.3 is 10.1 Å². The number of dihydropyridines is 1. The number of benzene rings is 2. The van der Waals surface area contributed by atoms with E-state index >= 15 is 0 Å². The van der Waals surface area contributed by atoms with Gasteiger partial charge in [-0.05, 0) is 30.4 Å². The number of methoxy groups -OCH3 is 1. The van der Waals surface area contributed by atoms with Crippen molar-refractivity contribution in [2.24, 2.45) is 0 Å². The second-order valence-corrected chi connectivity index (χ2v) is 7.33. The molecular weight excluding hydrogens is 350 g/mol. The van der Waals surface area contributed by atoms with E-state index in [1.165, 1.54) is 12.7 Å². The summed E-state index contributed by atoms with van der Waals surface area (Å²) in [6.07, 6.45) is 1.20. The Morgan fingerprint density at radius 1 is 0.964 bits per heavy atom. The number of allylic oxidation sites excluding steroid dienone is 3. The predicted octanol–water partition coefficient (Wildman–Crippen LogP) is 4.22. The number of carbonyl (C=O) groups is 2. The first-order chi connectivity index (χ1) is 13.6. The van der Waals surface area contributed by atoms with Gasteiger partial charge in [0.1, 0.15) is 0 Å². The van der Waals surface area contributed by atoms with Crippen LogP contribution in [0.25, 0.3) is 0 Å². The highest BCUT2D eigenvalue weighted by Crippen LogP contribution is 2.45. The quantitative estimate of drug-likeness (QED) is 0.819. The molecule has 0 saturated heterocycles. The Morgan fingerprint density at radius 2 is 1.57 bits per heavy atom. The lowest BCUT2D eigenvalue weighted by Crippen LogP contribution is -2.36. The molecule has 2 aromatic rings. The van der Waals surface area contributed by atoms with Gasteiger partial charge in [-0.25, -0.2) is 4.79 Å². The van der Waals surface area contributed by atoms with Crippen LogP contribution in [0.4, 0.5) is 0 Å². The smallest absolute Gasteiger partial charge is 0.336 e. The van der Waals surface area contributed by atoms with Crippen molar-refractivity contribution in [1.82, 2.24) is 5.32 Å². The molecule has 1 N–H and O–H groups in total. The minimum absolute atomic E-state index is 0.0883. The minimum atomic E-state index is -0.400. The van der Waals surface area contributed by atoms with Crippen molar-refractivity contribution < 1.29 is 14.3 Å². The zero-order chi connectivity index (χ0) is 19.7. The van der Waals surface area contributed by atoms with Crippen LogP contribution in [0.15, 0.2) is 83.2 Å². The van der Waals surface area contributed by atoms with Crippen LogP contribution in [-0.2, 0) is 14.3 Å². The summed E-state index contributed by atoms with van der Waals surface area (Å²) in [4.78, 5) is 25.9. The van der Waals surface area contributed by atoms with Crippen molar-refractivity contribution in [2.75, 3.05) is 7.11 Å². The third-order valence-corrected chi connectivity index (χ3v) is 5.64. The molecule has 2 aliphatic rings. The predicted molar refractivity (Wildman–Crippen MR) is 107 cm³/mol. The minimum Gasteiger partial charge on any atom is -0.466 e. The lowest BCUT2D eigenvalue weighted by Gasteiger charge is -2.36. The van der Waals surface area contributed by atoms with Gasteiger partial charge >= 0.3 is 5.97 Å². The number of Topliss-reactive ketones (excluding diaryl/α,β-unsaturated/α-hetero) is 1. The molecule has 1 aliphatic heterocycles. The second-order valence-electron chi connectivity index (χ2n) is 7.33. The fourth-order valence-corrected chi connectivity index (χ4v) is 4.36. The molecule has 0 saturated carbocycles. The normalized spacial score (nSPS) is 21.9. The molecular formula is C24H23NO3. The van der Waals surface area contributed by atoms with Gasteiger partial charge in [0.15, 0.2) is 5.78 Å². The van der Waals surface area contributed by atoms with E-state index in [0.29, 0.717) is 17.6 Å². The summed E-state index contributed by atoms with van der Waals surface area (Å²) in [5, 5.41) is 3.35. The van der Waals surface area contributed by atoms with Crippen LogP contribution in [0.5, 0.6) is 0 Å². The molecule has 0 fully saturated rings. The lowest BCUT2D eigenvalue weighted by molar-refractivity contribution is -0.136. The standard InChI is InChI=1S/C24H23NO3/c1-15-21(24(27)28-2)22(17-11-7-4-8-12-17)23-19(25-15)13-18(14-20(23)26)16-9-5-3-6-10-16/h3-12,18,22,25H,13-14H2,1-2H3/t18-,22-/m0/s1. The van der Waals surface area contributed by atoms with Crippen molar-refractivity contribution in [3.63, 3.8) is 0 Å². The number of carbonyl (C=O) groups excluding carboxylic acids is 2. The highest BCUT2D eigenvalue weighted by molar-refractivity contribution is 6.04. The Morgan fingerprint density at radius 3 is 2.18 bits per heavy atom. The van der Waals surface area contributed by atoms with Gasteiger partial charge in [0.05, 0.1) is 12.7 Å². The van der Waals surface area contributed by atoms with E-state index < -0.39 is 11.9 Å². The number of ether oxygens (including phenoxy) is 1. The molecule has 142 valence electrons. The molecule has 2 aromatic carbocycles. The average molecular weight is 373 g/mol. The summed E-state index contributed by atoms with van der Waals surface area (Å²) in [5.74, 6) is -0.563. The number of hydrogen-bond donors (Lipinski definition) is 1. The third-order valence-electron chi connectivity index (χ3n) is 5.64. The van der Waals surface area contributed by atoms with Crippen LogP contribution in [0, 0.1) is 0 Å². The second kappa shape index (κ2) is 7.47. The van der Waals surface area contributed by atoms with E-state index in [4.69, 9.17) is 4.74 Å². The van der Waals surface area contributed by atoms with Crippen molar-refractivity contribution in [3.05, 3.63) is 94.3 Å². The highest BCUT2D eigenvalue weighted by Gasteiger charge is 2.41. The first-order valence-electron chi connectivity index (χ1n) is 9.52. The molecule has 0 bridgehead atoms. The zero-order valence-electron chi connectivity index (χ0n) is 16.1. The molecule has 0 aromatic heterocycles. The van der Waals surface area contributed by atoms with Crippen LogP contribution in [0.2, 0.25) is 0 Å². The van der Waals surface area contributed by atoms with E-state index in [2.05, 4.69) is 17.4 Å². The first-order valence-corrected chi connectivity index (χ1v) is 9.52. The molecule has 2 atom stereocenters. The van der Waals surface area contributed by atoms with Gasteiger partial charge in [0.2, 0.25) is 0 Å². The van der Waals surface area contributed by atoms with E-state index in [9.17, 15) is 9.59 Å². The molecule has 28 heavy (non-hydrogen) atoms. The largest absolute Gasteiger partial charge is 0.466 e. The summed E-state index contributed by atoms with van der Waals surface area (Å²) in [5.41, 5.74) is 4.98. The zero-order valence-corrected chi connectivity index (χ0v) is 16.1. The molecule has 0 amide bonds. The summed E-state index contributed by atoms with van der Waals surface area (Å²) in [6.45, 7) is 1.88. The Labute approximate surface area is 164 Å². The molecule has 0 radical (unpaired) electrons. The molecule has 1 aliphatic carbocycles. The van der Waals surface area contributed by atoms with Gasteiger partial charge in [0, 0.05) is 29.3 Å². The summed E-state index contributed by atoms with van der Waals surface area (Å²) in [6, 6.07) is 19.9. The summed E-state index contributed by atoms with van der Waals surface area (Å²) < 4.78 is 5.05. The van der Waals surface area contributed by atoms with E-state index in [-0.39, 0.29) is 11.7 Å². The van der Waals surface area contributed by atoms with E-state index in [0.717, 1.165) is 23.4 Å². The number of esters is 1. The number of nitrogens with one attached hydrogen (secondary N) is 1. The Kier molecular flexibility index (Phi) is 4.86. The van der Waals surface area contributed by atoms with Gasteiger partial charge in [0.25, 0.3) is 0 Å². The van der Waals surface area contributed by atoms with Crippen molar-refractivity contribution in [2.45, 2.75) is 31.6 Å². The van der Waals surface area contributed by atoms with Gasteiger partial charge in [-0.1, -0.05) is 60.7 Å². The maximum Gasteiger partial charge on any atom is 0.336 e. The monoisotopic (exact) mass is 373 g/mol. The number of hydrogen-bond acceptors (Lipinski definition) is 4. The van der Waals surface area contributed by atoms with Crippen LogP contribution < -0.4 is 5.32 Å². The van der Waals surface area contributed by atoms with Gasteiger partial charge in [-0.3, -0.25) is 4.79 Å². The summed E-state index contributed by atoms with van der Waals surface area (Å²) >= 11 is 0.